The number of aromatic nitrogens is 2. The molecule has 1 N–H and O–H groups in total. The van der Waals surface area contributed by atoms with E-state index in [0.717, 1.165) is 34.0 Å². The van der Waals surface area contributed by atoms with Crippen LogP contribution in [0.15, 0.2) is 42.5 Å². The second kappa shape index (κ2) is 8.25. The number of hydrogen-bond acceptors (Lipinski definition) is 3. The maximum absolute atomic E-state index is 12.7. The fourth-order valence-electron chi connectivity index (χ4n) is 3.12. The summed E-state index contributed by atoms with van der Waals surface area (Å²) >= 11 is 12.1. The van der Waals surface area contributed by atoms with Crippen LogP contribution in [-0.2, 0) is 11.2 Å². The molecular weight excluding hydrogens is 395 g/mol. The maximum Gasteiger partial charge on any atom is 0.228 e. The van der Waals surface area contributed by atoms with Crippen LogP contribution in [0.4, 0.5) is 11.4 Å². The van der Waals surface area contributed by atoms with Gasteiger partial charge >= 0.3 is 0 Å². The van der Waals surface area contributed by atoms with Crippen molar-refractivity contribution >= 4 is 40.5 Å². The van der Waals surface area contributed by atoms with Crippen molar-refractivity contribution in [3.8, 4) is 5.69 Å². The third kappa shape index (κ3) is 4.16. The van der Waals surface area contributed by atoms with Crippen molar-refractivity contribution in [2.75, 3.05) is 24.3 Å². The van der Waals surface area contributed by atoms with Crippen molar-refractivity contribution in [2.24, 2.45) is 0 Å². The van der Waals surface area contributed by atoms with E-state index >= 15 is 0 Å². The summed E-state index contributed by atoms with van der Waals surface area (Å²) in [5.41, 5.74) is 5.14. The molecule has 2 aromatic carbocycles. The highest BCUT2D eigenvalue weighted by molar-refractivity contribution is 6.42. The van der Waals surface area contributed by atoms with Crippen LogP contribution in [0.1, 0.15) is 17.0 Å². The first-order chi connectivity index (χ1) is 13.3. The van der Waals surface area contributed by atoms with Crippen LogP contribution >= 0.6 is 23.2 Å². The number of para-hydroxylation sites is 2. The molecule has 0 aliphatic heterocycles. The lowest BCUT2D eigenvalue weighted by Crippen LogP contribution is -2.18. The van der Waals surface area contributed by atoms with E-state index in [1.165, 1.54) is 0 Å². The molecule has 0 saturated heterocycles. The summed E-state index contributed by atoms with van der Waals surface area (Å²) in [7, 11) is 3.89. The Morgan fingerprint density at radius 3 is 2.50 bits per heavy atom. The van der Waals surface area contributed by atoms with Crippen LogP contribution in [0.5, 0.6) is 0 Å². The van der Waals surface area contributed by atoms with Gasteiger partial charge < -0.3 is 10.2 Å². The molecule has 0 spiro atoms. The van der Waals surface area contributed by atoms with Gasteiger partial charge in [0.2, 0.25) is 5.91 Å². The van der Waals surface area contributed by atoms with Crippen molar-refractivity contribution in [3.05, 3.63) is 69.5 Å². The summed E-state index contributed by atoms with van der Waals surface area (Å²) in [5, 5.41) is 8.54. The molecule has 0 atom stereocenters. The number of aryl methyl sites for hydroxylation is 1. The third-order valence-corrected chi connectivity index (χ3v) is 5.33. The Hall–Kier alpha value is -2.50. The second-order valence-electron chi connectivity index (χ2n) is 6.80. The molecule has 3 aromatic rings. The zero-order valence-corrected chi connectivity index (χ0v) is 17.8. The van der Waals surface area contributed by atoms with Gasteiger partial charge in [0.05, 0.1) is 39.2 Å². The number of carbonyl (C=O) groups is 1. The Balaban J connectivity index is 1.84. The third-order valence-electron chi connectivity index (χ3n) is 4.59. The molecule has 1 aromatic heterocycles. The molecule has 0 bridgehead atoms. The minimum atomic E-state index is -0.0887. The van der Waals surface area contributed by atoms with Crippen LogP contribution < -0.4 is 10.2 Å². The molecule has 0 aliphatic rings. The minimum Gasteiger partial charge on any atom is -0.376 e. The van der Waals surface area contributed by atoms with Crippen molar-refractivity contribution < 1.29 is 4.79 Å². The van der Waals surface area contributed by atoms with Crippen LogP contribution in [0, 0.1) is 13.8 Å². The summed E-state index contributed by atoms with van der Waals surface area (Å²) in [6.45, 7) is 3.84. The van der Waals surface area contributed by atoms with E-state index in [4.69, 9.17) is 23.2 Å². The van der Waals surface area contributed by atoms with Gasteiger partial charge in [0.15, 0.2) is 0 Å². The predicted molar refractivity (Wildman–Crippen MR) is 116 cm³/mol. The highest BCUT2D eigenvalue weighted by atomic mass is 35.5. The molecule has 0 radical (unpaired) electrons. The van der Waals surface area contributed by atoms with Gasteiger partial charge in [-0.05, 0) is 44.2 Å². The number of nitrogens with one attached hydrogen (secondary N) is 1. The zero-order valence-electron chi connectivity index (χ0n) is 16.3. The highest BCUT2D eigenvalue weighted by Crippen LogP contribution is 2.27. The van der Waals surface area contributed by atoms with Crippen molar-refractivity contribution in [2.45, 2.75) is 20.3 Å². The first kappa shape index (κ1) is 20.2. The van der Waals surface area contributed by atoms with Gasteiger partial charge in [-0.3, -0.25) is 4.79 Å². The second-order valence-corrected chi connectivity index (χ2v) is 7.61. The molecular formula is C21H22Cl2N4O. The molecule has 7 heteroatoms. The molecule has 1 heterocycles. The Labute approximate surface area is 174 Å². The Bertz CT molecular complexity index is 1030. The van der Waals surface area contributed by atoms with Gasteiger partial charge in [0, 0.05) is 25.4 Å². The first-order valence-corrected chi connectivity index (χ1v) is 9.60. The molecule has 3 rings (SSSR count). The van der Waals surface area contributed by atoms with Crippen molar-refractivity contribution in [3.63, 3.8) is 0 Å². The molecule has 0 fully saturated rings. The van der Waals surface area contributed by atoms with Crippen LogP contribution in [0.2, 0.25) is 10.0 Å². The SMILES string of the molecule is Cc1nn(-c2ccc(Cl)c(Cl)c2)c(C)c1CC(=O)Nc1ccccc1N(C)C. The number of carbonyl (C=O) groups excluding carboxylic acids is 1. The van der Waals surface area contributed by atoms with Crippen LogP contribution in [-0.4, -0.2) is 29.8 Å². The predicted octanol–water partition coefficient (Wildman–Crippen LogP) is 5.04. The smallest absolute Gasteiger partial charge is 0.228 e. The number of halogens is 2. The average Bonchev–Trinajstić information content (AvgIpc) is 2.92. The van der Waals surface area contributed by atoms with Crippen molar-refractivity contribution in [1.82, 2.24) is 9.78 Å². The summed E-state index contributed by atoms with van der Waals surface area (Å²) in [6, 6.07) is 13.1. The van der Waals surface area contributed by atoms with Crippen LogP contribution in [0.25, 0.3) is 5.69 Å². The molecule has 146 valence electrons. The van der Waals surface area contributed by atoms with E-state index in [0.29, 0.717) is 10.0 Å². The molecule has 5 nitrogen and oxygen atoms in total. The number of amides is 1. The van der Waals surface area contributed by atoms with Crippen molar-refractivity contribution in [1.29, 1.82) is 0 Å². The Morgan fingerprint density at radius 2 is 1.82 bits per heavy atom. The molecule has 0 aliphatic carbocycles. The zero-order chi connectivity index (χ0) is 20.4. The quantitative estimate of drug-likeness (QED) is 0.633. The van der Waals surface area contributed by atoms with Gasteiger partial charge in [-0.2, -0.15) is 5.10 Å². The lowest BCUT2D eigenvalue weighted by atomic mass is 10.1. The Morgan fingerprint density at radius 1 is 1.11 bits per heavy atom. The number of hydrogen-bond donors (Lipinski definition) is 1. The van der Waals surface area contributed by atoms with E-state index in [1.807, 2.05) is 63.2 Å². The maximum atomic E-state index is 12.7. The Kier molecular flexibility index (Phi) is 5.96. The van der Waals surface area contributed by atoms with E-state index < -0.39 is 0 Å². The summed E-state index contributed by atoms with van der Waals surface area (Å²) in [5.74, 6) is -0.0887. The van der Waals surface area contributed by atoms with Gasteiger partial charge in [-0.25, -0.2) is 4.68 Å². The monoisotopic (exact) mass is 416 g/mol. The lowest BCUT2D eigenvalue weighted by Gasteiger charge is -2.17. The van der Waals surface area contributed by atoms with Gasteiger partial charge in [0.1, 0.15) is 0 Å². The van der Waals surface area contributed by atoms with E-state index in [1.54, 1.807) is 16.8 Å². The fourth-order valence-corrected chi connectivity index (χ4v) is 3.42. The van der Waals surface area contributed by atoms with Gasteiger partial charge in [-0.15, -0.1) is 0 Å². The molecule has 0 saturated carbocycles. The standard InChI is InChI=1S/C21H22Cl2N4O/c1-13-16(12-21(28)24-19-7-5-6-8-20(19)26(3)4)14(2)27(25-13)15-9-10-17(22)18(23)11-15/h5-11H,12H2,1-4H3,(H,24,28). The fraction of sp³-hybridized carbons (Fsp3) is 0.238. The average molecular weight is 417 g/mol. The number of anilines is 2. The summed E-state index contributed by atoms with van der Waals surface area (Å²) in [4.78, 5) is 14.7. The van der Waals surface area contributed by atoms with E-state index in [-0.39, 0.29) is 12.3 Å². The molecule has 1 amide bonds. The summed E-state index contributed by atoms with van der Waals surface area (Å²) in [6.07, 6.45) is 0.237. The van der Waals surface area contributed by atoms with Gasteiger partial charge in [0.25, 0.3) is 0 Å². The molecule has 0 unspecified atom stereocenters. The topological polar surface area (TPSA) is 50.2 Å². The highest BCUT2D eigenvalue weighted by Gasteiger charge is 2.17. The normalized spacial score (nSPS) is 10.8. The largest absolute Gasteiger partial charge is 0.376 e. The summed E-state index contributed by atoms with van der Waals surface area (Å²) < 4.78 is 1.79. The number of rotatable bonds is 5. The van der Waals surface area contributed by atoms with Gasteiger partial charge in [-0.1, -0.05) is 35.3 Å². The van der Waals surface area contributed by atoms with Crippen LogP contribution in [0.3, 0.4) is 0 Å². The van der Waals surface area contributed by atoms with E-state index in [2.05, 4.69) is 10.4 Å². The number of benzene rings is 2. The number of nitrogens with zero attached hydrogens (tertiary/aromatic N) is 3. The first-order valence-electron chi connectivity index (χ1n) is 8.84. The molecule has 28 heavy (non-hydrogen) atoms. The lowest BCUT2D eigenvalue weighted by molar-refractivity contribution is -0.115. The minimum absolute atomic E-state index is 0.0887. The van der Waals surface area contributed by atoms with E-state index in [9.17, 15) is 4.79 Å².